The number of aromatic nitrogens is 1. The molecule has 0 spiro atoms. The van der Waals surface area contributed by atoms with E-state index < -0.39 is 68.8 Å². The van der Waals surface area contributed by atoms with Crippen LogP contribution in [0.2, 0.25) is 0 Å². The van der Waals surface area contributed by atoms with E-state index in [2.05, 4.69) is 23.9 Å². The molecule has 2 rings (SSSR count). The second kappa shape index (κ2) is 7.23. The van der Waals surface area contributed by atoms with Crippen LogP contribution in [0.5, 0.6) is 0 Å². The minimum absolute atomic E-state index is 0.611. The summed E-state index contributed by atoms with van der Waals surface area (Å²) in [5, 5.41) is 0. The molecule has 0 aromatic carbocycles. The quantitative estimate of drug-likeness (QED) is 0.401. The van der Waals surface area contributed by atoms with Crippen molar-refractivity contribution >= 4 is 35.2 Å². The van der Waals surface area contributed by atoms with Gasteiger partial charge in [0.25, 0.3) is 5.56 Å². The van der Waals surface area contributed by atoms with Crippen LogP contribution >= 0.6 is 0 Å². The molecule has 1 aromatic heterocycles. The van der Waals surface area contributed by atoms with Gasteiger partial charge in [-0.1, -0.05) is 0 Å². The molecule has 0 aliphatic heterocycles. The average Bonchev–Trinajstić information content (AvgIpc) is 2.99. The summed E-state index contributed by atoms with van der Waals surface area (Å²) in [6, 6.07) is 0. The molecule has 1 aromatic rings. The Morgan fingerprint density at radius 2 is 1.15 bits per heavy atom. The number of methoxy groups -OCH3 is 4. The van der Waals surface area contributed by atoms with E-state index in [9.17, 15) is 28.8 Å². The zero-order chi connectivity index (χ0) is 20.5. The Labute approximate surface area is 150 Å². The number of hydrogen-bond acceptors (Lipinski definition) is 10. The number of ketones is 1. The summed E-state index contributed by atoms with van der Waals surface area (Å²) in [7, 11) is 3.86. The molecule has 27 heavy (non-hydrogen) atoms. The van der Waals surface area contributed by atoms with Crippen molar-refractivity contribution in [3.63, 3.8) is 0 Å². The number of hydrogen-bond donors (Lipinski definition) is 1. The van der Waals surface area contributed by atoms with Gasteiger partial charge in [0.15, 0.2) is 0 Å². The molecule has 11 nitrogen and oxygen atoms in total. The van der Waals surface area contributed by atoms with E-state index in [0.29, 0.717) is 0 Å². The van der Waals surface area contributed by atoms with E-state index in [1.54, 1.807) is 0 Å². The van der Waals surface area contributed by atoms with Crippen molar-refractivity contribution in [3.05, 3.63) is 38.3 Å². The minimum Gasteiger partial charge on any atom is -0.465 e. The molecule has 0 saturated heterocycles. The summed E-state index contributed by atoms with van der Waals surface area (Å²) in [6.07, 6.45) is 0. The molecule has 0 unspecified atom stereocenters. The van der Waals surface area contributed by atoms with Gasteiger partial charge < -0.3 is 23.9 Å². The Morgan fingerprint density at radius 3 is 1.63 bits per heavy atom. The lowest BCUT2D eigenvalue weighted by Crippen LogP contribution is -2.27. The highest BCUT2D eigenvalue weighted by atomic mass is 16.5. The Morgan fingerprint density at radius 1 is 0.667 bits per heavy atom. The number of aromatic amines is 1. The third kappa shape index (κ3) is 2.88. The van der Waals surface area contributed by atoms with Crippen molar-refractivity contribution in [2.24, 2.45) is 0 Å². The second-order valence-corrected chi connectivity index (χ2v) is 5.00. The highest BCUT2D eigenvalue weighted by Crippen LogP contribution is 2.35. The number of ether oxygens (including phenoxy) is 4. The van der Waals surface area contributed by atoms with Crippen molar-refractivity contribution in [1.29, 1.82) is 0 Å². The molecule has 1 aliphatic rings. The molecule has 142 valence electrons. The van der Waals surface area contributed by atoms with E-state index in [1.807, 2.05) is 0 Å². The van der Waals surface area contributed by atoms with Crippen LogP contribution in [0, 0.1) is 0 Å². The predicted molar refractivity (Wildman–Crippen MR) is 85.0 cm³/mol. The fourth-order valence-electron chi connectivity index (χ4n) is 2.60. The smallest absolute Gasteiger partial charge is 0.355 e. The monoisotopic (exact) mass is 379 g/mol. The number of fused-ring (bicyclic) bond motifs is 1. The fraction of sp³-hybridized carbons (Fsp3) is 0.250. The lowest BCUT2D eigenvalue weighted by molar-refractivity contribution is -0.137. The van der Waals surface area contributed by atoms with Gasteiger partial charge in [0, 0.05) is 0 Å². The second-order valence-electron chi connectivity index (χ2n) is 5.00. The van der Waals surface area contributed by atoms with Gasteiger partial charge in [0.05, 0.1) is 45.1 Å². The van der Waals surface area contributed by atoms with Crippen molar-refractivity contribution < 1.29 is 42.9 Å². The summed E-state index contributed by atoms with van der Waals surface area (Å²) >= 11 is 0. The third-order valence-corrected chi connectivity index (χ3v) is 3.73. The Bertz CT molecular complexity index is 982. The number of pyridine rings is 1. The minimum atomic E-state index is -1.23. The number of Topliss-reactive ketones (excluding diaryl/α,β-unsaturated/α-hetero) is 1. The first-order valence-corrected chi connectivity index (χ1v) is 7.17. The number of carbonyl (C=O) groups excluding carboxylic acids is 5. The van der Waals surface area contributed by atoms with Crippen LogP contribution in [0.3, 0.4) is 0 Å². The highest BCUT2D eigenvalue weighted by molar-refractivity contribution is 6.43. The van der Waals surface area contributed by atoms with Crippen molar-refractivity contribution in [3.8, 4) is 0 Å². The van der Waals surface area contributed by atoms with Crippen LogP contribution in [-0.2, 0) is 28.5 Å². The van der Waals surface area contributed by atoms with Crippen LogP contribution in [0.25, 0.3) is 5.57 Å². The maximum absolute atomic E-state index is 12.8. The average molecular weight is 379 g/mol. The maximum Gasteiger partial charge on any atom is 0.355 e. The van der Waals surface area contributed by atoms with E-state index in [1.165, 1.54) is 0 Å². The number of H-pyrrole nitrogens is 1. The topological polar surface area (TPSA) is 155 Å². The molecule has 1 heterocycles. The van der Waals surface area contributed by atoms with Crippen LogP contribution in [0.15, 0.2) is 10.4 Å². The van der Waals surface area contributed by atoms with Gasteiger partial charge in [0.1, 0.15) is 16.8 Å². The number of carbonyl (C=O) groups is 5. The van der Waals surface area contributed by atoms with Crippen LogP contribution in [0.1, 0.15) is 36.8 Å². The van der Waals surface area contributed by atoms with E-state index >= 15 is 0 Å². The van der Waals surface area contributed by atoms with Gasteiger partial charge in [-0.25, -0.2) is 19.2 Å². The summed E-state index contributed by atoms with van der Waals surface area (Å²) in [4.78, 5) is 75.7. The Kier molecular flexibility index (Phi) is 5.24. The first-order valence-electron chi connectivity index (χ1n) is 7.17. The lowest BCUT2D eigenvalue weighted by Gasteiger charge is -2.11. The van der Waals surface area contributed by atoms with Gasteiger partial charge in [-0.2, -0.15) is 0 Å². The largest absolute Gasteiger partial charge is 0.465 e. The van der Waals surface area contributed by atoms with E-state index in [4.69, 9.17) is 0 Å². The number of rotatable bonds is 4. The van der Waals surface area contributed by atoms with Crippen molar-refractivity contribution in [2.45, 2.75) is 0 Å². The fourth-order valence-corrected chi connectivity index (χ4v) is 2.60. The van der Waals surface area contributed by atoms with Gasteiger partial charge in [-0.15, -0.1) is 0 Å². The molecule has 1 aliphatic carbocycles. The van der Waals surface area contributed by atoms with Crippen molar-refractivity contribution in [2.75, 3.05) is 28.4 Å². The molecule has 0 fully saturated rings. The summed E-state index contributed by atoms with van der Waals surface area (Å²) in [5.74, 6) is -5.91. The summed E-state index contributed by atoms with van der Waals surface area (Å²) < 4.78 is 18.1. The number of nitrogens with one attached hydrogen (secondary N) is 1. The van der Waals surface area contributed by atoms with E-state index in [-0.39, 0.29) is 0 Å². The molecule has 1 N–H and O–H groups in total. The zero-order valence-corrected chi connectivity index (χ0v) is 14.6. The third-order valence-electron chi connectivity index (χ3n) is 3.73. The summed E-state index contributed by atoms with van der Waals surface area (Å²) in [5.41, 5.74) is -5.19. The maximum atomic E-state index is 12.8. The standard InChI is InChI=1S/C16H13NO10/c1-24-13(20)7-6-5(11(18)9(7)15(22)26-3)8(14(21)25-2)10(16(23)27-4)17-12(6)19/h1-4H3,(H,17,19). The molecular formula is C16H13NO10. The van der Waals surface area contributed by atoms with Gasteiger partial charge >= 0.3 is 23.9 Å². The molecule has 0 atom stereocenters. The number of esters is 4. The Hall–Kier alpha value is -3.76. The molecule has 11 heteroatoms. The highest BCUT2D eigenvalue weighted by Gasteiger charge is 2.45. The van der Waals surface area contributed by atoms with Gasteiger partial charge in [-0.05, 0) is 0 Å². The Balaban J connectivity index is 3.02. The molecule has 0 saturated carbocycles. The first-order chi connectivity index (χ1) is 12.7. The zero-order valence-electron chi connectivity index (χ0n) is 14.6. The van der Waals surface area contributed by atoms with Crippen LogP contribution in [-0.4, -0.2) is 63.1 Å². The first kappa shape index (κ1) is 19.6. The van der Waals surface area contributed by atoms with Crippen LogP contribution < -0.4 is 5.56 Å². The SMILES string of the molecule is COC(=O)C1=C(C(=O)OC)c2c(c(C(=O)OC)c(C(=O)OC)[nH]c2=O)C1=O. The molecule has 0 amide bonds. The summed E-state index contributed by atoms with van der Waals surface area (Å²) in [6.45, 7) is 0. The lowest BCUT2D eigenvalue weighted by atomic mass is 9.99. The predicted octanol–water partition coefficient (Wildman–Crippen LogP) is -0.756. The van der Waals surface area contributed by atoms with E-state index in [0.717, 1.165) is 28.4 Å². The van der Waals surface area contributed by atoms with Gasteiger partial charge in [-0.3, -0.25) is 9.59 Å². The van der Waals surface area contributed by atoms with Crippen molar-refractivity contribution in [1.82, 2.24) is 4.98 Å². The van der Waals surface area contributed by atoms with Crippen LogP contribution in [0.4, 0.5) is 0 Å². The van der Waals surface area contributed by atoms with Gasteiger partial charge in [0.2, 0.25) is 5.78 Å². The molecule has 0 bridgehead atoms. The molecule has 0 radical (unpaired) electrons. The normalized spacial score (nSPS) is 12.4. The molecular weight excluding hydrogens is 366 g/mol.